The van der Waals surface area contributed by atoms with Crippen molar-refractivity contribution in [2.24, 2.45) is 0 Å². The van der Waals surface area contributed by atoms with Gasteiger partial charge in [-0.25, -0.2) is 14.4 Å². The number of benzene rings is 2. The Morgan fingerprint density at radius 1 is 1.18 bits per heavy atom. The summed E-state index contributed by atoms with van der Waals surface area (Å²) in [5.74, 6) is -0.00153. The molecule has 1 aliphatic rings. The minimum Gasteiger partial charge on any atom is -0.493 e. The lowest BCUT2D eigenvalue weighted by atomic mass is 10.0. The standard InChI is InChI=1S/C24H26F4N3O2P/c1-4-34(32,5-2)20-12-16-19(13-18(20)25)30-21-10-7-11-33-22-15(14(3)29-23(16)31-21)8-6-9-17(22)24(26,27)28/h6,8-9,12-14H,4-5,7,10-11H2,1-3H3,(H,29,30,31)/t14-/m1/s1. The lowest BCUT2D eigenvalue weighted by Gasteiger charge is -2.22. The summed E-state index contributed by atoms with van der Waals surface area (Å²) in [4.78, 5) is 9.05. The Hall–Kier alpha value is -2.67. The van der Waals surface area contributed by atoms with Crippen LogP contribution in [0.5, 0.6) is 5.75 Å². The largest absolute Gasteiger partial charge is 0.493 e. The maximum Gasteiger partial charge on any atom is 0.419 e. The number of nitrogens with one attached hydrogen (secondary N) is 1. The molecule has 0 saturated heterocycles. The van der Waals surface area contributed by atoms with Crippen molar-refractivity contribution in [2.45, 2.75) is 45.8 Å². The van der Waals surface area contributed by atoms with Crippen LogP contribution in [0.3, 0.4) is 0 Å². The van der Waals surface area contributed by atoms with Crippen molar-refractivity contribution >= 4 is 29.2 Å². The van der Waals surface area contributed by atoms with E-state index in [-0.39, 0.29) is 17.7 Å². The molecule has 0 saturated carbocycles. The second kappa shape index (κ2) is 9.17. The summed E-state index contributed by atoms with van der Waals surface area (Å²) >= 11 is 0. The fourth-order valence-corrected chi connectivity index (χ4v) is 6.20. The summed E-state index contributed by atoms with van der Waals surface area (Å²) in [7, 11) is -2.94. The van der Waals surface area contributed by atoms with Crippen LogP contribution in [0.1, 0.15) is 50.2 Å². The highest BCUT2D eigenvalue weighted by molar-refractivity contribution is 7.71. The first-order chi connectivity index (χ1) is 16.1. The van der Waals surface area contributed by atoms with E-state index < -0.39 is 30.7 Å². The second-order valence-corrected chi connectivity index (χ2v) is 11.9. The van der Waals surface area contributed by atoms with E-state index in [1.165, 1.54) is 18.2 Å². The normalized spacial score (nSPS) is 16.9. The molecule has 4 rings (SSSR count). The molecule has 0 fully saturated rings. The number of halogens is 4. The lowest BCUT2D eigenvalue weighted by Crippen LogP contribution is -2.16. The third kappa shape index (κ3) is 4.50. The van der Waals surface area contributed by atoms with Crippen molar-refractivity contribution in [3.63, 3.8) is 0 Å². The Morgan fingerprint density at radius 2 is 1.91 bits per heavy atom. The van der Waals surface area contributed by atoms with Crippen molar-refractivity contribution < 1.29 is 26.9 Å². The van der Waals surface area contributed by atoms with Crippen LogP contribution in [0.15, 0.2) is 30.3 Å². The number of hydrogen-bond acceptors (Lipinski definition) is 5. The monoisotopic (exact) mass is 495 g/mol. The molecule has 0 spiro atoms. The van der Waals surface area contributed by atoms with Crippen molar-refractivity contribution in [2.75, 3.05) is 24.2 Å². The van der Waals surface area contributed by atoms with Crippen LogP contribution in [0.4, 0.5) is 23.4 Å². The van der Waals surface area contributed by atoms with Gasteiger partial charge in [-0.3, -0.25) is 0 Å². The molecule has 1 aliphatic heterocycles. The first-order valence-electron chi connectivity index (χ1n) is 11.3. The number of ether oxygens (including phenoxy) is 1. The molecule has 1 atom stereocenters. The molecule has 34 heavy (non-hydrogen) atoms. The van der Waals surface area contributed by atoms with Gasteiger partial charge in [-0.05, 0) is 25.5 Å². The van der Waals surface area contributed by atoms with Gasteiger partial charge < -0.3 is 14.6 Å². The maximum absolute atomic E-state index is 15.0. The lowest BCUT2D eigenvalue weighted by molar-refractivity contribution is -0.139. The molecule has 10 heteroatoms. The van der Waals surface area contributed by atoms with Crippen molar-refractivity contribution in [3.8, 4) is 5.75 Å². The number of para-hydroxylation sites is 1. The van der Waals surface area contributed by atoms with E-state index >= 15 is 4.39 Å². The molecule has 0 aliphatic carbocycles. The van der Waals surface area contributed by atoms with Gasteiger partial charge in [-0.1, -0.05) is 26.0 Å². The average Bonchev–Trinajstić information content (AvgIpc) is 2.81. The van der Waals surface area contributed by atoms with E-state index in [4.69, 9.17) is 4.74 Å². The molecule has 3 aromatic rings. The van der Waals surface area contributed by atoms with Gasteiger partial charge >= 0.3 is 6.18 Å². The zero-order valence-corrected chi connectivity index (χ0v) is 20.1. The minimum atomic E-state index is -4.57. The summed E-state index contributed by atoms with van der Waals surface area (Å²) in [5, 5.41) is 3.80. The zero-order valence-electron chi connectivity index (χ0n) is 19.2. The SMILES string of the molecule is CCP(=O)(CC)c1cc2c3nc(nc2cc1F)CCCOc1c(cccc1C(F)(F)F)[C@@H](C)N3. The average molecular weight is 495 g/mol. The van der Waals surface area contributed by atoms with Gasteiger partial charge in [0.15, 0.2) is 0 Å². The Labute approximate surface area is 195 Å². The van der Waals surface area contributed by atoms with Gasteiger partial charge in [-0.15, -0.1) is 0 Å². The van der Waals surface area contributed by atoms with Gasteiger partial charge in [-0.2, -0.15) is 13.2 Å². The molecule has 1 aromatic heterocycles. The molecular formula is C24H26F4N3O2P. The molecule has 2 aromatic carbocycles. The quantitative estimate of drug-likeness (QED) is 0.341. The molecule has 5 nitrogen and oxygen atoms in total. The van der Waals surface area contributed by atoms with Crippen LogP contribution in [-0.4, -0.2) is 28.9 Å². The third-order valence-corrected chi connectivity index (χ3v) is 9.50. The van der Waals surface area contributed by atoms with E-state index in [9.17, 15) is 17.7 Å². The van der Waals surface area contributed by atoms with E-state index in [0.717, 1.165) is 6.07 Å². The number of hydrogen-bond donors (Lipinski definition) is 1. The van der Waals surface area contributed by atoms with Gasteiger partial charge in [0, 0.05) is 41.1 Å². The fourth-order valence-electron chi connectivity index (χ4n) is 4.25. The molecule has 2 heterocycles. The molecule has 182 valence electrons. The Bertz CT molecular complexity index is 1270. The molecular weight excluding hydrogens is 469 g/mol. The van der Waals surface area contributed by atoms with Crippen molar-refractivity contribution in [1.82, 2.24) is 9.97 Å². The number of aryl methyl sites for hydroxylation is 1. The summed E-state index contributed by atoms with van der Waals surface area (Å²) in [6.07, 6.45) is -3.21. The van der Waals surface area contributed by atoms with Crippen LogP contribution < -0.4 is 15.4 Å². The Morgan fingerprint density at radius 3 is 2.59 bits per heavy atom. The second-order valence-electron chi connectivity index (χ2n) is 8.37. The van der Waals surface area contributed by atoms with Gasteiger partial charge in [0.05, 0.1) is 23.7 Å². The maximum atomic E-state index is 15.0. The van der Waals surface area contributed by atoms with Gasteiger partial charge in [0.25, 0.3) is 0 Å². The van der Waals surface area contributed by atoms with Crippen molar-refractivity contribution in [3.05, 3.63) is 53.1 Å². The number of anilines is 1. The van der Waals surface area contributed by atoms with Crippen LogP contribution in [0.2, 0.25) is 0 Å². The van der Waals surface area contributed by atoms with E-state index in [1.54, 1.807) is 26.8 Å². The van der Waals surface area contributed by atoms with Crippen LogP contribution in [0, 0.1) is 5.82 Å². The van der Waals surface area contributed by atoms with E-state index in [2.05, 4.69) is 15.3 Å². The van der Waals surface area contributed by atoms with Crippen LogP contribution in [-0.2, 0) is 17.2 Å². The van der Waals surface area contributed by atoms with E-state index in [1.807, 2.05) is 0 Å². The molecule has 0 radical (unpaired) electrons. The fraction of sp³-hybridized carbons (Fsp3) is 0.417. The predicted octanol–water partition coefficient (Wildman–Crippen LogP) is 6.31. The van der Waals surface area contributed by atoms with Crippen molar-refractivity contribution in [1.29, 1.82) is 0 Å². The highest BCUT2D eigenvalue weighted by Crippen LogP contribution is 2.45. The Kier molecular flexibility index (Phi) is 6.60. The van der Waals surface area contributed by atoms with E-state index in [0.29, 0.717) is 53.3 Å². The molecule has 1 N–H and O–H groups in total. The number of aromatic nitrogens is 2. The summed E-state index contributed by atoms with van der Waals surface area (Å²) < 4.78 is 74.9. The Balaban J connectivity index is 1.89. The summed E-state index contributed by atoms with van der Waals surface area (Å²) in [5.41, 5.74) is -0.152. The predicted molar refractivity (Wildman–Crippen MR) is 125 cm³/mol. The number of alkyl halides is 3. The smallest absolute Gasteiger partial charge is 0.419 e. The molecule has 0 amide bonds. The number of rotatable bonds is 3. The molecule has 2 bridgehead atoms. The summed E-state index contributed by atoms with van der Waals surface area (Å²) in [6, 6.07) is 6.12. The molecule has 0 unspecified atom stereocenters. The van der Waals surface area contributed by atoms with Crippen LogP contribution >= 0.6 is 7.14 Å². The topological polar surface area (TPSA) is 64.1 Å². The van der Waals surface area contributed by atoms with Gasteiger partial charge in [0.1, 0.15) is 30.4 Å². The van der Waals surface area contributed by atoms with Gasteiger partial charge in [0.2, 0.25) is 0 Å². The van der Waals surface area contributed by atoms with Crippen LogP contribution in [0.25, 0.3) is 10.9 Å². The highest BCUT2D eigenvalue weighted by atomic mass is 31.2. The first-order valence-corrected chi connectivity index (χ1v) is 13.3. The number of fused-ring (bicyclic) bond motifs is 5. The summed E-state index contributed by atoms with van der Waals surface area (Å²) in [6.45, 7) is 5.28. The number of nitrogens with zero attached hydrogens (tertiary/aromatic N) is 2. The zero-order chi connectivity index (χ0) is 24.7. The minimum absolute atomic E-state index is 0.0486. The highest BCUT2D eigenvalue weighted by Gasteiger charge is 2.36. The first kappa shape index (κ1) is 24.5. The third-order valence-electron chi connectivity index (χ3n) is 6.23.